The predicted octanol–water partition coefficient (Wildman–Crippen LogP) is 3.19. The fraction of sp³-hybridized carbons (Fsp3) is 0.391. The Hall–Kier alpha value is -2.46. The molecule has 0 aromatic heterocycles. The Morgan fingerprint density at radius 2 is 1.78 bits per heavy atom. The lowest BCUT2D eigenvalue weighted by atomic mass is 9.70. The third-order valence-electron chi connectivity index (χ3n) is 6.19. The van der Waals surface area contributed by atoms with E-state index in [0.717, 1.165) is 49.9 Å². The summed E-state index contributed by atoms with van der Waals surface area (Å²) >= 11 is 0. The maximum absolute atomic E-state index is 12.9. The number of amides is 1. The van der Waals surface area contributed by atoms with E-state index in [1.54, 1.807) is 0 Å². The SMILES string of the molecule is Cc1ccc(C(=O)N2CCC3(CCc4ccc(C(=O)CO)cc4C3)C2)cc1. The topological polar surface area (TPSA) is 57.6 Å². The van der Waals surface area contributed by atoms with E-state index in [1.165, 1.54) is 11.1 Å². The number of aryl methyl sites for hydroxylation is 2. The number of nitrogens with zero attached hydrogens (tertiary/aromatic N) is 1. The third kappa shape index (κ3) is 3.42. The fourth-order valence-corrected chi connectivity index (χ4v) is 4.53. The molecule has 0 saturated carbocycles. The first kappa shape index (κ1) is 17.9. The minimum atomic E-state index is -0.456. The van der Waals surface area contributed by atoms with Crippen molar-refractivity contribution in [2.24, 2.45) is 5.41 Å². The predicted molar refractivity (Wildman–Crippen MR) is 104 cm³/mol. The molecule has 1 amide bonds. The summed E-state index contributed by atoms with van der Waals surface area (Å²) in [6, 6.07) is 13.6. The zero-order valence-electron chi connectivity index (χ0n) is 15.7. The molecular weight excluding hydrogens is 338 g/mol. The van der Waals surface area contributed by atoms with Gasteiger partial charge in [0.2, 0.25) is 0 Å². The number of aliphatic hydroxyl groups is 1. The molecule has 27 heavy (non-hydrogen) atoms. The summed E-state index contributed by atoms with van der Waals surface area (Å²) in [5, 5.41) is 9.12. The van der Waals surface area contributed by atoms with Crippen molar-refractivity contribution in [1.82, 2.24) is 4.90 Å². The van der Waals surface area contributed by atoms with Crippen molar-refractivity contribution < 1.29 is 14.7 Å². The molecule has 1 aliphatic heterocycles. The lowest BCUT2D eigenvalue weighted by molar-refractivity contribution is 0.0768. The van der Waals surface area contributed by atoms with Crippen LogP contribution in [0, 0.1) is 12.3 Å². The molecule has 140 valence electrons. The molecule has 4 nitrogen and oxygen atoms in total. The van der Waals surface area contributed by atoms with Crippen molar-refractivity contribution in [3.05, 3.63) is 70.3 Å². The molecule has 1 unspecified atom stereocenters. The first-order valence-electron chi connectivity index (χ1n) is 9.61. The molecule has 1 atom stereocenters. The minimum Gasteiger partial charge on any atom is -0.388 e. The molecule has 2 aromatic carbocycles. The average molecular weight is 363 g/mol. The van der Waals surface area contributed by atoms with Gasteiger partial charge in [-0.05, 0) is 67.3 Å². The van der Waals surface area contributed by atoms with E-state index >= 15 is 0 Å². The largest absolute Gasteiger partial charge is 0.388 e. The lowest BCUT2D eigenvalue weighted by Gasteiger charge is -2.35. The van der Waals surface area contributed by atoms with Crippen LogP contribution in [0.3, 0.4) is 0 Å². The Balaban J connectivity index is 1.52. The summed E-state index contributed by atoms with van der Waals surface area (Å²) < 4.78 is 0. The van der Waals surface area contributed by atoms with Crippen LogP contribution in [0.1, 0.15) is 50.2 Å². The number of rotatable bonds is 3. The van der Waals surface area contributed by atoms with Crippen LogP contribution in [0.4, 0.5) is 0 Å². The van der Waals surface area contributed by atoms with Crippen LogP contribution in [0.2, 0.25) is 0 Å². The fourth-order valence-electron chi connectivity index (χ4n) is 4.53. The van der Waals surface area contributed by atoms with Gasteiger partial charge < -0.3 is 10.0 Å². The van der Waals surface area contributed by atoms with Crippen molar-refractivity contribution in [1.29, 1.82) is 0 Å². The molecular formula is C23H25NO3. The highest BCUT2D eigenvalue weighted by Crippen LogP contribution is 2.43. The summed E-state index contributed by atoms with van der Waals surface area (Å²) in [5.41, 5.74) is 5.09. The Kier molecular flexibility index (Phi) is 4.60. The van der Waals surface area contributed by atoms with Gasteiger partial charge in [-0.1, -0.05) is 29.8 Å². The van der Waals surface area contributed by atoms with E-state index in [1.807, 2.05) is 54.3 Å². The maximum Gasteiger partial charge on any atom is 0.253 e. The van der Waals surface area contributed by atoms with E-state index in [9.17, 15) is 9.59 Å². The van der Waals surface area contributed by atoms with Crippen LogP contribution >= 0.6 is 0 Å². The molecule has 0 bridgehead atoms. The molecule has 2 aliphatic rings. The van der Waals surface area contributed by atoms with Gasteiger partial charge in [-0.3, -0.25) is 9.59 Å². The highest BCUT2D eigenvalue weighted by atomic mass is 16.3. The van der Waals surface area contributed by atoms with Gasteiger partial charge in [0.15, 0.2) is 5.78 Å². The Morgan fingerprint density at radius 3 is 2.52 bits per heavy atom. The van der Waals surface area contributed by atoms with Crippen molar-refractivity contribution in [3.63, 3.8) is 0 Å². The van der Waals surface area contributed by atoms with Gasteiger partial charge in [0.1, 0.15) is 6.61 Å². The zero-order chi connectivity index (χ0) is 19.0. The number of Topliss-reactive ketones (excluding diaryl/α,β-unsaturated/α-hetero) is 1. The summed E-state index contributed by atoms with van der Waals surface area (Å²) in [6.45, 7) is 3.13. The summed E-state index contributed by atoms with van der Waals surface area (Å²) in [4.78, 5) is 26.7. The number of carbonyl (C=O) groups is 2. The highest BCUT2D eigenvalue weighted by Gasteiger charge is 2.42. The maximum atomic E-state index is 12.9. The first-order chi connectivity index (χ1) is 13.0. The Bertz CT molecular complexity index is 887. The molecule has 4 rings (SSSR count). The molecule has 1 saturated heterocycles. The Morgan fingerprint density at radius 1 is 1.04 bits per heavy atom. The number of hydrogen-bond acceptors (Lipinski definition) is 3. The average Bonchev–Trinajstić information content (AvgIpc) is 3.10. The van der Waals surface area contributed by atoms with Crippen molar-refractivity contribution in [3.8, 4) is 0 Å². The second-order valence-electron chi connectivity index (χ2n) is 8.08. The third-order valence-corrected chi connectivity index (χ3v) is 6.19. The molecule has 1 fully saturated rings. The first-order valence-corrected chi connectivity index (χ1v) is 9.61. The summed E-state index contributed by atoms with van der Waals surface area (Å²) in [6.07, 6.45) is 3.95. The number of benzene rings is 2. The number of hydrogen-bond donors (Lipinski definition) is 1. The van der Waals surface area contributed by atoms with E-state index in [0.29, 0.717) is 5.56 Å². The minimum absolute atomic E-state index is 0.105. The highest BCUT2D eigenvalue weighted by molar-refractivity contribution is 5.97. The van der Waals surface area contributed by atoms with Gasteiger partial charge in [0.25, 0.3) is 5.91 Å². The summed E-state index contributed by atoms with van der Waals surface area (Å²) in [5.74, 6) is -0.123. The molecule has 1 heterocycles. The standard InChI is InChI=1S/C23H25NO3/c1-16-2-4-18(5-3-16)22(27)24-11-10-23(15-24)9-8-17-6-7-19(21(26)14-25)12-20(17)13-23/h2-7,12,25H,8-11,13-15H2,1H3. The van der Waals surface area contributed by atoms with Gasteiger partial charge in [-0.2, -0.15) is 0 Å². The van der Waals surface area contributed by atoms with Gasteiger partial charge in [-0.25, -0.2) is 0 Å². The molecule has 1 aliphatic carbocycles. The lowest BCUT2D eigenvalue weighted by Crippen LogP contribution is -2.35. The van der Waals surface area contributed by atoms with Crippen molar-refractivity contribution >= 4 is 11.7 Å². The van der Waals surface area contributed by atoms with E-state index in [-0.39, 0.29) is 17.1 Å². The van der Waals surface area contributed by atoms with Crippen LogP contribution in [-0.4, -0.2) is 41.4 Å². The second-order valence-corrected chi connectivity index (χ2v) is 8.08. The van der Waals surface area contributed by atoms with Gasteiger partial charge in [-0.15, -0.1) is 0 Å². The normalized spacial score (nSPS) is 21.3. The number of ketones is 1. The van der Waals surface area contributed by atoms with E-state index in [4.69, 9.17) is 5.11 Å². The van der Waals surface area contributed by atoms with Crippen LogP contribution in [0.15, 0.2) is 42.5 Å². The van der Waals surface area contributed by atoms with Crippen LogP contribution in [0.25, 0.3) is 0 Å². The second kappa shape index (κ2) is 6.93. The van der Waals surface area contributed by atoms with Gasteiger partial charge >= 0.3 is 0 Å². The van der Waals surface area contributed by atoms with Crippen LogP contribution in [-0.2, 0) is 12.8 Å². The van der Waals surface area contributed by atoms with E-state index < -0.39 is 6.61 Å². The Labute approximate surface area is 159 Å². The van der Waals surface area contributed by atoms with Gasteiger partial charge in [0.05, 0.1) is 0 Å². The number of carbonyl (C=O) groups excluding carboxylic acids is 2. The van der Waals surface area contributed by atoms with E-state index in [2.05, 4.69) is 0 Å². The van der Waals surface area contributed by atoms with Gasteiger partial charge in [0, 0.05) is 24.2 Å². The molecule has 2 aromatic rings. The van der Waals surface area contributed by atoms with Crippen LogP contribution in [0.5, 0.6) is 0 Å². The smallest absolute Gasteiger partial charge is 0.253 e. The number of fused-ring (bicyclic) bond motifs is 1. The molecule has 4 heteroatoms. The van der Waals surface area contributed by atoms with Crippen molar-refractivity contribution in [2.45, 2.75) is 32.6 Å². The monoisotopic (exact) mass is 363 g/mol. The zero-order valence-corrected chi connectivity index (χ0v) is 15.7. The molecule has 0 radical (unpaired) electrons. The number of likely N-dealkylation sites (tertiary alicyclic amines) is 1. The van der Waals surface area contributed by atoms with Crippen molar-refractivity contribution in [2.75, 3.05) is 19.7 Å². The molecule has 1 N–H and O–H groups in total. The van der Waals surface area contributed by atoms with Crippen LogP contribution < -0.4 is 0 Å². The number of aliphatic hydroxyl groups excluding tert-OH is 1. The molecule has 1 spiro atoms. The summed E-state index contributed by atoms with van der Waals surface area (Å²) in [7, 11) is 0. The quantitative estimate of drug-likeness (QED) is 0.852.